The fraction of sp³-hybridized carbons (Fsp3) is 0.421. The van der Waals surface area contributed by atoms with Crippen LogP contribution < -0.4 is 5.73 Å². The molecule has 138 valence electrons. The Bertz CT molecular complexity index is 725. The maximum absolute atomic E-state index is 12.3. The fourth-order valence-electron chi connectivity index (χ4n) is 3.09. The molecule has 1 atom stereocenters. The third kappa shape index (κ3) is 5.00. The van der Waals surface area contributed by atoms with Crippen molar-refractivity contribution >= 4 is 11.7 Å². The molecule has 2 N–H and O–H groups in total. The molecule has 2 heterocycles. The molecule has 0 spiro atoms. The Morgan fingerprint density at radius 2 is 2.15 bits per heavy atom. The highest BCUT2D eigenvalue weighted by Crippen LogP contribution is 2.16. The van der Waals surface area contributed by atoms with Crippen molar-refractivity contribution in [2.45, 2.75) is 25.6 Å². The SMILES string of the molecule is CN(Cc1nccc(N)n1)[C@H]1CCN(C(=O)COCc2ccccc2)C1. The van der Waals surface area contributed by atoms with E-state index >= 15 is 0 Å². The lowest BCUT2D eigenvalue weighted by Crippen LogP contribution is -2.37. The molecule has 0 saturated carbocycles. The topological polar surface area (TPSA) is 84.6 Å². The number of nitrogen functional groups attached to an aromatic ring is 1. The molecular formula is C19H25N5O2. The number of rotatable bonds is 7. The van der Waals surface area contributed by atoms with Gasteiger partial charge in [0.2, 0.25) is 5.91 Å². The molecule has 1 aliphatic heterocycles. The molecule has 0 aliphatic carbocycles. The number of hydrogen-bond donors (Lipinski definition) is 1. The largest absolute Gasteiger partial charge is 0.384 e. The molecule has 1 aromatic heterocycles. The highest BCUT2D eigenvalue weighted by atomic mass is 16.5. The number of likely N-dealkylation sites (tertiary alicyclic amines) is 1. The van der Waals surface area contributed by atoms with E-state index in [0.29, 0.717) is 31.3 Å². The third-order valence-electron chi connectivity index (χ3n) is 4.59. The van der Waals surface area contributed by atoms with Gasteiger partial charge in [-0.1, -0.05) is 30.3 Å². The number of nitrogens with two attached hydrogens (primary N) is 1. The van der Waals surface area contributed by atoms with Gasteiger partial charge in [-0.25, -0.2) is 9.97 Å². The Labute approximate surface area is 153 Å². The molecule has 7 heteroatoms. The van der Waals surface area contributed by atoms with Crippen molar-refractivity contribution in [2.75, 3.05) is 32.5 Å². The van der Waals surface area contributed by atoms with Crippen molar-refractivity contribution < 1.29 is 9.53 Å². The monoisotopic (exact) mass is 355 g/mol. The molecule has 1 aromatic carbocycles. The van der Waals surface area contributed by atoms with Crippen LogP contribution in [-0.2, 0) is 22.7 Å². The van der Waals surface area contributed by atoms with Gasteiger partial charge >= 0.3 is 0 Å². The van der Waals surface area contributed by atoms with Gasteiger partial charge in [0.05, 0.1) is 13.2 Å². The first kappa shape index (κ1) is 18.3. The molecule has 0 bridgehead atoms. The third-order valence-corrected chi connectivity index (χ3v) is 4.59. The summed E-state index contributed by atoms with van der Waals surface area (Å²) in [5.41, 5.74) is 6.77. The van der Waals surface area contributed by atoms with Gasteiger partial charge in [-0.3, -0.25) is 9.69 Å². The minimum atomic E-state index is 0.0389. The van der Waals surface area contributed by atoms with Gasteiger partial charge in [-0.15, -0.1) is 0 Å². The van der Waals surface area contributed by atoms with Gasteiger partial charge in [-0.05, 0) is 25.1 Å². The molecule has 1 amide bonds. The average Bonchev–Trinajstić information content (AvgIpc) is 3.13. The van der Waals surface area contributed by atoms with Gasteiger partial charge in [0, 0.05) is 25.3 Å². The van der Waals surface area contributed by atoms with Gasteiger partial charge in [-0.2, -0.15) is 0 Å². The second-order valence-electron chi connectivity index (χ2n) is 6.57. The van der Waals surface area contributed by atoms with Gasteiger partial charge in [0.25, 0.3) is 0 Å². The summed E-state index contributed by atoms with van der Waals surface area (Å²) in [7, 11) is 2.02. The van der Waals surface area contributed by atoms with E-state index in [1.165, 1.54) is 0 Å². The number of hydrogen-bond acceptors (Lipinski definition) is 6. The number of benzene rings is 1. The average molecular weight is 355 g/mol. The van der Waals surface area contributed by atoms with E-state index in [1.54, 1.807) is 12.3 Å². The van der Waals surface area contributed by atoms with E-state index in [4.69, 9.17) is 10.5 Å². The number of carbonyl (C=O) groups excluding carboxylic acids is 1. The Balaban J connectivity index is 1.43. The van der Waals surface area contributed by atoms with Crippen LogP contribution in [0.4, 0.5) is 5.82 Å². The number of aromatic nitrogens is 2. The Morgan fingerprint density at radius 3 is 2.92 bits per heavy atom. The maximum atomic E-state index is 12.3. The van der Waals surface area contributed by atoms with E-state index in [9.17, 15) is 4.79 Å². The first-order valence-electron chi connectivity index (χ1n) is 8.79. The molecule has 1 aliphatic rings. The minimum Gasteiger partial charge on any atom is -0.384 e. The van der Waals surface area contributed by atoms with Crippen molar-refractivity contribution in [3.63, 3.8) is 0 Å². The zero-order valence-corrected chi connectivity index (χ0v) is 15.0. The van der Waals surface area contributed by atoms with E-state index in [2.05, 4.69) is 14.9 Å². The number of carbonyl (C=O) groups is 1. The molecule has 0 unspecified atom stereocenters. The van der Waals surface area contributed by atoms with Crippen molar-refractivity contribution in [1.29, 1.82) is 0 Å². The van der Waals surface area contributed by atoms with Crippen molar-refractivity contribution in [3.05, 3.63) is 54.0 Å². The Hall–Kier alpha value is -2.51. The number of likely N-dealkylation sites (N-methyl/N-ethyl adjacent to an activating group) is 1. The van der Waals surface area contributed by atoms with Crippen LogP contribution in [0.2, 0.25) is 0 Å². The summed E-state index contributed by atoms with van der Waals surface area (Å²) < 4.78 is 5.56. The normalized spacial score (nSPS) is 17.0. The summed E-state index contributed by atoms with van der Waals surface area (Å²) in [6, 6.07) is 11.8. The summed E-state index contributed by atoms with van der Waals surface area (Å²) in [5.74, 6) is 1.21. The predicted octanol–water partition coefficient (Wildman–Crippen LogP) is 1.31. The van der Waals surface area contributed by atoms with E-state index in [0.717, 1.165) is 18.5 Å². The second-order valence-corrected chi connectivity index (χ2v) is 6.57. The number of amides is 1. The first-order chi connectivity index (χ1) is 12.6. The van der Waals surface area contributed by atoms with E-state index in [-0.39, 0.29) is 18.6 Å². The van der Waals surface area contributed by atoms with Crippen LogP contribution in [0.25, 0.3) is 0 Å². The van der Waals surface area contributed by atoms with E-state index < -0.39 is 0 Å². The number of nitrogens with zero attached hydrogens (tertiary/aromatic N) is 4. The Morgan fingerprint density at radius 1 is 1.35 bits per heavy atom. The summed E-state index contributed by atoms with van der Waals surface area (Å²) in [5, 5.41) is 0. The zero-order valence-electron chi connectivity index (χ0n) is 15.0. The highest BCUT2D eigenvalue weighted by Gasteiger charge is 2.29. The molecule has 7 nitrogen and oxygen atoms in total. The zero-order chi connectivity index (χ0) is 18.4. The quantitative estimate of drug-likeness (QED) is 0.806. The van der Waals surface area contributed by atoms with E-state index in [1.807, 2.05) is 42.3 Å². The summed E-state index contributed by atoms with van der Waals surface area (Å²) >= 11 is 0. The summed E-state index contributed by atoms with van der Waals surface area (Å²) in [4.78, 5) is 24.9. The van der Waals surface area contributed by atoms with Crippen LogP contribution in [0.3, 0.4) is 0 Å². The summed E-state index contributed by atoms with van der Waals surface area (Å²) in [6.07, 6.45) is 2.60. The van der Waals surface area contributed by atoms with Crippen LogP contribution >= 0.6 is 0 Å². The van der Waals surface area contributed by atoms with Crippen LogP contribution in [0.1, 0.15) is 17.8 Å². The lowest BCUT2D eigenvalue weighted by molar-refractivity contribution is -0.135. The number of anilines is 1. The lowest BCUT2D eigenvalue weighted by atomic mass is 10.2. The molecule has 1 saturated heterocycles. The van der Waals surface area contributed by atoms with Gasteiger partial charge in [0.1, 0.15) is 18.2 Å². The minimum absolute atomic E-state index is 0.0389. The maximum Gasteiger partial charge on any atom is 0.248 e. The summed E-state index contributed by atoms with van der Waals surface area (Å²) in [6.45, 7) is 2.63. The van der Waals surface area contributed by atoms with Crippen molar-refractivity contribution in [2.24, 2.45) is 0 Å². The van der Waals surface area contributed by atoms with Crippen LogP contribution in [0, 0.1) is 0 Å². The first-order valence-corrected chi connectivity index (χ1v) is 8.79. The molecule has 2 aromatic rings. The smallest absolute Gasteiger partial charge is 0.248 e. The number of ether oxygens (including phenoxy) is 1. The van der Waals surface area contributed by atoms with Gasteiger partial charge < -0.3 is 15.4 Å². The highest BCUT2D eigenvalue weighted by molar-refractivity contribution is 5.77. The van der Waals surface area contributed by atoms with Crippen LogP contribution in [0.15, 0.2) is 42.6 Å². The molecule has 0 radical (unpaired) electrons. The molecule has 1 fully saturated rings. The Kier molecular flexibility index (Phi) is 6.14. The van der Waals surface area contributed by atoms with Crippen LogP contribution in [0.5, 0.6) is 0 Å². The van der Waals surface area contributed by atoms with Crippen molar-refractivity contribution in [3.8, 4) is 0 Å². The van der Waals surface area contributed by atoms with Crippen molar-refractivity contribution in [1.82, 2.24) is 19.8 Å². The molecular weight excluding hydrogens is 330 g/mol. The van der Waals surface area contributed by atoms with Gasteiger partial charge in [0.15, 0.2) is 0 Å². The molecule has 26 heavy (non-hydrogen) atoms. The predicted molar refractivity (Wildman–Crippen MR) is 99.0 cm³/mol. The second kappa shape index (κ2) is 8.73. The standard InChI is InChI=1S/C19H25N5O2/c1-23(12-18-21-9-7-17(20)22-18)16-8-10-24(11-16)19(25)14-26-13-15-5-3-2-4-6-15/h2-7,9,16H,8,10-14H2,1H3,(H2,20,21,22)/t16-/m0/s1. The fourth-order valence-corrected chi connectivity index (χ4v) is 3.09. The van der Waals surface area contributed by atoms with Crippen LogP contribution in [-0.4, -0.2) is 58.5 Å². The lowest BCUT2D eigenvalue weighted by Gasteiger charge is -2.24. The molecule has 3 rings (SSSR count).